The Morgan fingerprint density at radius 3 is 2.64 bits per heavy atom. The normalized spacial score (nSPS) is 22.4. The first-order valence-electron chi connectivity index (χ1n) is 8.88. The number of piperidine rings is 1. The molecule has 4 heteroatoms. The molecule has 2 aliphatic rings. The van der Waals surface area contributed by atoms with Crippen LogP contribution < -0.4 is 5.32 Å². The Bertz CT molecular complexity index is 828. The molecule has 0 aromatic heterocycles. The lowest BCUT2D eigenvalue weighted by Gasteiger charge is -2.48. The number of hydrogen-bond acceptors (Lipinski definition) is 2. The first-order valence-corrected chi connectivity index (χ1v) is 8.88. The minimum absolute atomic E-state index is 0.0470. The molecule has 2 amide bonds. The molecule has 1 saturated heterocycles. The molecular formula is C21H22N2O2. The predicted octanol–water partition coefficient (Wildman–Crippen LogP) is 3.55. The largest absolute Gasteiger partial charge is 0.324 e. The van der Waals surface area contributed by atoms with Crippen molar-refractivity contribution in [3.8, 4) is 0 Å². The molecule has 4 nitrogen and oxygen atoms in total. The first-order chi connectivity index (χ1) is 12.1. The molecule has 2 aromatic rings. The molecule has 0 radical (unpaired) electrons. The van der Waals surface area contributed by atoms with Gasteiger partial charge in [0.15, 0.2) is 0 Å². The number of likely N-dealkylation sites (tertiary alicyclic amines) is 1. The molecule has 1 N–H and O–H groups in total. The molecule has 25 heavy (non-hydrogen) atoms. The van der Waals surface area contributed by atoms with E-state index in [-0.39, 0.29) is 11.8 Å². The Morgan fingerprint density at radius 2 is 1.84 bits per heavy atom. The number of nitrogens with one attached hydrogen (secondary N) is 1. The molecule has 2 aliphatic heterocycles. The molecule has 2 heterocycles. The Labute approximate surface area is 147 Å². The van der Waals surface area contributed by atoms with Crippen LogP contribution in [0.5, 0.6) is 0 Å². The molecule has 4 rings (SSSR count). The zero-order chi connectivity index (χ0) is 17.4. The van der Waals surface area contributed by atoms with Gasteiger partial charge in [-0.05, 0) is 49.9 Å². The molecule has 0 bridgehead atoms. The highest BCUT2D eigenvalue weighted by Gasteiger charge is 2.50. The molecular weight excluding hydrogens is 312 g/mol. The summed E-state index contributed by atoms with van der Waals surface area (Å²) in [6.45, 7) is 2.63. The highest BCUT2D eigenvalue weighted by Crippen LogP contribution is 2.39. The van der Waals surface area contributed by atoms with E-state index in [1.165, 1.54) is 0 Å². The van der Waals surface area contributed by atoms with Crippen molar-refractivity contribution in [3.63, 3.8) is 0 Å². The van der Waals surface area contributed by atoms with E-state index in [2.05, 4.69) is 5.32 Å². The summed E-state index contributed by atoms with van der Waals surface area (Å²) in [6, 6.07) is 15.5. The SMILES string of the molecule is Cc1ccc(C(=O)N2CCCCC23Cc2ccccc2NC3=O)cc1. The van der Waals surface area contributed by atoms with Crippen LogP contribution in [0.2, 0.25) is 0 Å². The number of carbonyl (C=O) groups excluding carboxylic acids is 2. The second-order valence-corrected chi connectivity index (χ2v) is 7.10. The number of anilines is 1. The Morgan fingerprint density at radius 1 is 1.08 bits per heavy atom. The topological polar surface area (TPSA) is 49.4 Å². The average molecular weight is 334 g/mol. The van der Waals surface area contributed by atoms with E-state index < -0.39 is 5.54 Å². The number of nitrogens with zero attached hydrogens (tertiary/aromatic N) is 1. The van der Waals surface area contributed by atoms with Crippen molar-refractivity contribution in [2.24, 2.45) is 0 Å². The van der Waals surface area contributed by atoms with Gasteiger partial charge in [-0.15, -0.1) is 0 Å². The van der Waals surface area contributed by atoms with Crippen molar-refractivity contribution < 1.29 is 9.59 Å². The van der Waals surface area contributed by atoms with Gasteiger partial charge in [-0.25, -0.2) is 0 Å². The van der Waals surface area contributed by atoms with Crippen molar-refractivity contribution in [2.45, 2.75) is 38.1 Å². The Kier molecular flexibility index (Phi) is 3.83. The number of aryl methyl sites for hydroxylation is 1. The summed E-state index contributed by atoms with van der Waals surface area (Å²) in [5.74, 6) is -0.0967. The zero-order valence-corrected chi connectivity index (χ0v) is 14.4. The van der Waals surface area contributed by atoms with Gasteiger partial charge in [-0.2, -0.15) is 0 Å². The smallest absolute Gasteiger partial charge is 0.254 e. The van der Waals surface area contributed by atoms with Crippen molar-refractivity contribution in [2.75, 3.05) is 11.9 Å². The minimum atomic E-state index is -0.769. The third-order valence-electron chi connectivity index (χ3n) is 5.45. The van der Waals surface area contributed by atoms with Crippen molar-refractivity contribution in [1.82, 2.24) is 4.90 Å². The van der Waals surface area contributed by atoms with Crippen LogP contribution >= 0.6 is 0 Å². The number of fused-ring (bicyclic) bond motifs is 1. The summed E-state index contributed by atoms with van der Waals surface area (Å²) in [6.07, 6.45) is 3.21. The second-order valence-electron chi connectivity index (χ2n) is 7.10. The van der Waals surface area contributed by atoms with Gasteiger partial charge in [0.1, 0.15) is 5.54 Å². The Hall–Kier alpha value is -2.62. The summed E-state index contributed by atoms with van der Waals surface area (Å²) in [5.41, 5.74) is 2.97. The highest BCUT2D eigenvalue weighted by atomic mass is 16.2. The van der Waals surface area contributed by atoms with Gasteiger partial charge in [-0.3, -0.25) is 9.59 Å². The molecule has 1 atom stereocenters. The molecule has 0 saturated carbocycles. The molecule has 128 valence electrons. The van der Waals surface area contributed by atoms with Crippen molar-refractivity contribution in [1.29, 1.82) is 0 Å². The van der Waals surface area contributed by atoms with Gasteiger partial charge in [-0.1, -0.05) is 35.9 Å². The first kappa shape index (κ1) is 15.9. The van der Waals surface area contributed by atoms with Gasteiger partial charge >= 0.3 is 0 Å². The number of rotatable bonds is 1. The number of benzene rings is 2. The van der Waals surface area contributed by atoms with E-state index in [0.29, 0.717) is 24.9 Å². The maximum atomic E-state index is 13.2. The fourth-order valence-corrected chi connectivity index (χ4v) is 4.03. The van der Waals surface area contributed by atoms with Crippen LogP contribution in [0.25, 0.3) is 0 Å². The van der Waals surface area contributed by atoms with E-state index in [0.717, 1.165) is 29.7 Å². The van der Waals surface area contributed by atoms with Crippen molar-refractivity contribution in [3.05, 3.63) is 65.2 Å². The Balaban J connectivity index is 1.73. The van der Waals surface area contributed by atoms with E-state index in [1.54, 1.807) is 0 Å². The van der Waals surface area contributed by atoms with Gasteiger partial charge in [0, 0.05) is 24.2 Å². The van der Waals surface area contributed by atoms with Crippen molar-refractivity contribution >= 4 is 17.5 Å². The van der Waals surface area contributed by atoms with Crippen LogP contribution in [-0.4, -0.2) is 28.8 Å². The van der Waals surface area contributed by atoms with E-state index in [1.807, 2.05) is 60.4 Å². The maximum Gasteiger partial charge on any atom is 0.254 e. The summed E-state index contributed by atoms with van der Waals surface area (Å²) >= 11 is 0. The number of carbonyl (C=O) groups is 2. The van der Waals surface area contributed by atoms with Crippen LogP contribution in [0.1, 0.15) is 40.7 Å². The van der Waals surface area contributed by atoms with Crippen LogP contribution in [0.15, 0.2) is 48.5 Å². The van der Waals surface area contributed by atoms with Gasteiger partial charge in [0.25, 0.3) is 11.8 Å². The monoisotopic (exact) mass is 334 g/mol. The van der Waals surface area contributed by atoms with E-state index in [4.69, 9.17) is 0 Å². The summed E-state index contributed by atoms with van der Waals surface area (Å²) < 4.78 is 0. The minimum Gasteiger partial charge on any atom is -0.324 e. The number of amides is 2. The van der Waals surface area contributed by atoms with Gasteiger partial charge < -0.3 is 10.2 Å². The fourth-order valence-electron chi connectivity index (χ4n) is 4.03. The third-order valence-corrected chi connectivity index (χ3v) is 5.45. The average Bonchev–Trinajstić information content (AvgIpc) is 2.63. The van der Waals surface area contributed by atoms with Crippen LogP contribution in [0.4, 0.5) is 5.69 Å². The molecule has 0 aliphatic carbocycles. The number of para-hydroxylation sites is 1. The van der Waals surface area contributed by atoms with E-state index >= 15 is 0 Å². The zero-order valence-electron chi connectivity index (χ0n) is 14.4. The molecule has 1 spiro atoms. The summed E-state index contributed by atoms with van der Waals surface area (Å²) in [7, 11) is 0. The molecule has 2 aromatic carbocycles. The van der Waals surface area contributed by atoms with Gasteiger partial charge in [0.05, 0.1) is 0 Å². The summed E-state index contributed by atoms with van der Waals surface area (Å²) in [4.78, 5) is 28.0. The second kappa shape index (κ2) is 6.03. The van der Waals surface area contributed by atoms with Crippen LogP contribution in [0, 0.1) is 6.92 Å². The quantitative estimate of drug-likeness (QED) is 0.867. The van der Waals surface area contributed by atoms with E-state index in [9.17, 15) is 9.59 Å². The fraction of sp³-hybridized carbons (Fsp3) is 0.333. The number of hydrogen-bond donors (Lipinski definition) is 1. The molecule has 1 unspecified atom stereocenters. The maximum absolute atomic E-state index is 13.2. The standard InChI is InChI=1S/C21H22N2O2/c1-15-8-10-16(11-9-15)19(24)23-13-5-4-12-21(23)14-17-6-2-3-7-18(17)22-20(21)25/h2-3,6-11H,4-5,12-14H2,1H3,(H,22,25). The van der Waals surface area contributed by atoms with Crippen LogP contribution in [-0.2, 0) is 11.2 Å². The molecule has 1 fully saturated rings. The predicted molar refractivity (Wildman–Crippen MR) is 97.6 cm³/mol. The lowest BCUT2D eigenvalue weighted by Crippen LogP contribution is -2.63. The van der Waals surface area contributed by atoms with Gasteiger partial charge in [0.2, 0.25) is 0 Å². The highest BCUT2D eigenvalue weighted by molar-refractivity contribution is 6.06. The lowest BCUT2D eigenvalue weighted by molar-refractivity contribution is -0.129. The lowest BCUT2D eigenvalue weighted by atomic mass is 9.77. The summed E-state index contributed by atoms with van der Waals surface area (Å²) in [5, 5.41) is 3.03. The third kappa shape index (κ3) is 2.62. The van der Waals surface area contributed by atoms with Crippen LogP contribution in [0.3, 0.4) is 0 Å².